The van der Waals surface area contributed by atoms with Gasteiger partial charge in [0.2, 0.25) is 0 Å². The molecule has 3 aliphatic rings. The molecule has 1 N–H and O–H groups in total. The third kappa shape index (κ3) is 2.68. The number of hydrogen-bond donors (Lipinski definition) is 1. The highest BCUT2D eigenvalue weighted by Crippen LogP contribution is 2.30. The maximum Gasteiger partial charge on any atom is 0.167 e. The van der Waals surface area contributed by atoms with Crippen molar-refractivity contribution in [2.75, 3.05) is 31.6 Å². The van der Waals surface area contributed by atoms with Crippen LogP contribution in [0.15, 0.2) is 18.2 Å². The zero-order valence-corrected chi connectivity index (χ0v) is 11.4. The van der Waals surface area contributed by atoms with Gasteiger partial charge in [0, 0.05) is 24.3 Å². The molecule has 3 heterocycles. The van der Waals surface area contributed by atoms with E-state index in [2.05, 4.69) is 10.2 Å². The van der Waals surface area contributed by atoms with Gasteiger partial charge in [-0.05, 0) is 50.9 Å². The Morgan fingerprint density at radius 3 is 2.74 bits per heavy atom. The Labute approximate surface area is 113 Å². The first kappa shape index (κ1) is 12.7. The number of nitrogens with one attached hydrogen (secondary N) is 1. The Morgan fingerprint density at radius 2 is 2.16 bits per heavy atom. The largest absolute Gasteiger partial charge is 0.491 e. The van der Waals surface area contributed by atoms with E-state index in [1.165, 1.54) is 25.9 Å². The van der Waals surface area contributed by atoms with Crippen LogP contribution in [0.4, 0.5) is 10.1 Å². The Balaban J connectivity index is 1.68. The molecular formula is C15H21FN2O. The minimum atomic E-state index is -0.284. The summed E-state index contributed by atoms with van der Waals surface area (Å²) in [5.41, 5.74) is 0.861. The van der Waals surface area contributed by atoms with Crippen LogP contribution >= 0.6 is 0 Å². The Bertz CT molecular complexity index is 444. The SMILES string of the molecule is CCOc1ccc(NC2CN3CCC2CC3)cc1F. The van der Waals surface area contributed by atoms with Crippen molar-refractivity contribution >= 4 is 5.69 Å². The van der Waals surface area contributed by atoms with E-state index in [4.69, 9.17) is 4.74 Å². The van der Waals surface area contributed by atoms with Crippen molar-refractivity contribution < 1.29 is 9.13 Å². The quantitative estimate of drug-likeness (QED) is 0.905. The number of hydrogen-bond acceptors (Lipinski definition) is 3. The highest BCUT2D eigenvalue weighted by Gasteiger charge is 2.33. The second kappa shape index (κ2) is 5.37. The van der Waals surface area contributed by atoms with Crippen molar-refractivity contribution in [1.82, 2.24) is 4.90 Å². The summed E-state index contributed by atoms with van der Waals surface area (Å²) in [4.78, 5) is 2.49. The Morgan fingerprint density at radius 1 is 1.37 bits per heavy atom. The summed E-state index contributed by atoms with van der Waals surface area (Å²) in [6.07, 6.45) is 2.52. The van der Waals surface area contributed by atoms with Crippen LogP contribution in [0.2, 0.25) is 0 Å². The van der Waals surface area contributed by atoms with Gasteiger partial charge in [0.15, 0.2) is 11.6 Å². The van der Waals surface area contributed by atoms with E-state index in [0.29, 0.717) is 18.4 Å². The molecule has 4 heteroatoms. The van der Waals surface area contributed by atoms with Crippen LogP contribution < -0.4 is 10.1 Å². The van der Waals surface area contributed by atoms with Gasteiger partial charge in [-0.2, -0.15) is 0 Å². The van der Waals surface area contributed by atoms with E-state index in [0.717, 1.165) is 18.2 Å². The summed E-state index contributed by atoms with van der Waals surface area (Å²) in [5, 5.41) is 3.49. The summed E-state index contributed by atoms with van der Waals surface area (Å²) in [6.45, 7) is 5.88. The first-order chi connectivity index (χ1) is 9.26. The van der Waals surface area contributed by atoms with Crippen LogP contribution in [-0.2, 0) is 0 Å². The molecule has 1 aromatic rings. The Hall–Kier alpha value is -1.29. The molecule has 0 aliphatic carbocycles. The van der Waals surface area contributed by atoms with Gasteiger partial charge in [-0.3, -0.25) is 0 Å². The number of nitrogens with zero attached hydrogens (tertiary/aromatic N) is 1. The first-order valence-corrected chi connectivity index (χ1v) is 7.17. The molecule has 0 amide bonds. The molecule has 2 bridgehead atoms. The summed E-state index contributed by atoms with van der Waals surface area (Å²) >= 11 is 0. The number of rotatable bonds is 4. The van der Waals surface area contributed by atoms with Gasteiger partial charge in [0.1, 0.15) is 0 Å². The van der Waals surface area contributed by atoms with E-state index in [1.807, 2.05) is 13.0 Å². The fourth-order valence-corrected chi connectivity index (χ4v) is 3.21. The number of anilines is 1. The highest BCUT2D eigenvalue weighted by atomic mass is 19.1. The third-order valence-electron chi connectivity index (χ3n) is 4.24. The smallest absolute Gasteiger partial charge is 0.167 e. The van der Waals surface area contributed by atoms with E-state index in [-0.39, 0.29) is 5.82 Å². The maximum absolute atomic E-state index is 13.8. The van der Waals surface area contributed by atoms with E-state index in [9.17, 15) is 4.39 Å². The molecule has 0 spiro atoms. The van der Waals surface area contributed by atoms with Gasteiger partial charge in [-0.15, -0.1) is 0 Å². The fourth-order valence-electron chi connectivity index (χ4n) is 3.21. The van der Waals surface area contributed by atoms with E-state index in [1.54, 1.807) is 12.1 Å². The summed E-state index contributed by atoms with van der Waals surface area (Å²) < 4.78 is 19.0. The zero-order valence-electron chi connectivity index (χ0n) is 11.4. The van der Waals surface area contributed by atoms with Crippen LogP contribution in [0.5, 0.6) is 5.75 Å². The number of halogens is 1. The minimum Gasteiger partial charge on any atom is -0.491 e. The monoisotopic (exact) mass is 264 g/mol. The first-order valence-electron chi connectivity index (χ1n) is 7.17. The van der Waals surface area contributed by atoms with Crippen LogP contribution in [-0.4, -0.2) is 37.2 Å². The van der Waals surface area contributed by atoms with Gasteiger partial charge in [0.25, 0.3) is 0 Å². The van der Waals surface area contributed by atoms with Crippen molar-refractivity contribution in [2.24, 2.45) is 5.92 Å². The van der Waals surface area contributed by atoms with Crippen LogP contribution in [0.1, 0.15) is 19.8 Å². The molecule has 1 unspecified atom stereocenters. The molecule has 3 saturated heterocycles. The second-order valence-electron chi connectivity index (χ2n) is 5.47. The molecule has 19 heavy (non-hydrogen) atoms. The average Bonchev–Trinajstić information content (AvgIpc) is 2.43. The van der Waals surface area contributed by atoms with Crippen LogP contribution in [0.25, 0.3) is 0 Å². The number of ether oxygens (including phenoxy) is 1. The molecule has 1 atom stereocenters. The van der Waals surface area contributed by atoms with Crippen molar-refractivity contribution in [2.45, 2.75) is 25.8 Å². The van der Waals surface area contributed by atoms with Crippen LogP contribution in [0.3, 0.4) is 0 Å². The van der Waals surface area contributed by atoms with Gasteiger partial charge >= 0.3 is 0 Å². The molecule has 3 aliphatic heterocycles. The lowest BCUT2D eigenvalue weighted by Crippen LogP contribution is -2.53. The van der Waals surface area contributed by atoms with Gasteiger partial charge in [-0.25, -0.2) is 4.39 Å². The predicted molar refractivity (Wildman–Crippen MR) is 74.1 cm³/mol. The molecule has 0 saturated carbocycles. The minimum absolute atomic E-state index is 0.284. The standard InChI is InChI=1S/C15H21FN2O/c1-2-19-15-4-3-12(9-13(15)16)17-14-10-18-7-5-11(14)6-8-18/h3-4,9,11,14,17H,2,5-8,10H2,1H3. The molecule has 3 nitrogen and oxygen atoms in total. The van der Waals surface area contributed by atoms with E-state index >= 15 is 0 Å². The maximum atomic E-state index is 13.8. The topological polar surface area (TPSA) is 24.5 Å². The van der Waals surface area contributed by atoms with Crippen molar-refractivity contribution in [1.29, 1.82) is 0 Å². The van der Waals surface area contributed by atoms with E-state index < -0.39 is 0 Å². The van der Waals surface area contributed by atoms with Gasteiger partial charge < -0.3 is 15.0 Å². The summed E-state index contributed by atoms with van der Waals surface area (Å²) in [5.74, 6) is 0.787. The normalized spacial score (nSPS) is 29.3. The average molecular weight is 264 g/mol. The van der Waals surface area contributed by atoms with Crippen LogP contribution in [0, 0.1) is 11.7 Å². The number of piperidine rings is 3. The summed E-state index contributed by atoms with van der Waals surface area (Å²) in [6, 6.07) is 5.62. The van der Waals surface area contributed by atoms with Crippen molar-refractivity contribution in [3.05, 3.63) is 24.0 Å². The predicted octanol–water partition coefficient (Wildman–Crippen LogP) is 2.73. The number of benzene rings is 1. The number of fused-ring (bicyclic) bond motifs is 3. The molecular weight excluding hydrogens is 243 g/mol. The molecule has 104 valence electrons. The molecule has 0 aromatic heterocycles. The fraction of sp³-hybridized carbons (Fsp3) is 0.600. The molecule has 4 rings (SSSR count). The second-order valence-corrected chi connectivity index (χ2v) is 5.47. The van der Waals surface area contributed by atoms with Crippen molar-refractivity contribution in [3.63, 3.8) is 0 Å². The lowest BCUT2D eigenvalue weighted by molar-refractivity contribution is 0.0975. The van der Waals surface area contributed by atoms with Gasteiger partial charge in [-0.1, -0.05) is 0 Å². The zero-order chi connectivity index (χ0) is 13.2. The molecule has 1 aromatic carbocycles. The van der Waals surface area contributed by atoms with Gasteiger partial charge in [0.05, 0.1) is 6.61 Å². The highest BCUT2D eigenvalue weighted by molar-refractivity contribution is 5.48. The molecule has 0 radical (unpaired) electrons. The lowest BCUT2D eigenvalue weighted by Gasteiger charge is -2.45. The third-order valence-corrected chi connectivity index (χ3v) is 4.24. The molecule has 3 fully saturated rings. The summed E-state index contributed by atoms with van der Waals surface area (Å²) in [7, 11) is 0. The lowest BCUT2D eigenvalue weighted by atomic mass is 9.84. The Kier molecular flexibility index (Phi) is 3.60. The van der Waals surface area contributed by atoms with Crippen molar-refractivity contribution in [3.8, 4) is 5.75 Å².